The number of nitrogens with zero attached hydrogens (tertiary/aromatic N) is 3. The van der Waals surface area contributed by atoms with Crippen molar-refractivity contribution in [3.05, 3.63) is 60.4 Å². The van der Waals surface area contributed by atoms with Crippen LogP contribution in [0.25, 0.3) is 0 Å². The van der Waals surface area contributed by atoms with E-state index in [-0.39, 0.29) is 11.5 Å². The molecule has 0 atom stereocenters. The monoisotopic (exact) mass is 552 g/mol. The van der Waals surface area contributed by atoms with Gasteiger partial charge in [0.05, 0.1) is 31.3 Å². The molecule has 0 radical (unpaired) electrons. The maximum atomic E-state index is 10.4. The zero-order valence-corrected chi connectivity index (χ0v) is 24.4. The van der Waals surface area contributed by atoms with Crippen molar-refractivity contribution in [1.82, 2.24) is 9.80 Å². The molecule has 0 saturated heterocycles. The molecule has 0 amide bonds. The average molecular weight is 553 g/mol. The molecular weight excluding hydrogens is 504 g/mol. The average Bonchev–Trinajstić information content (AvgIpc) is 3.67. The second-order valence-corrected chi connectivity index (χ2v) is 10.3. The highest BCUT2D eigenvalue weighted by atomic mass is 16.3. The van der Waals surface area contributed by atoms with E-state index in [4.69, 9.17) is 8.83 Å². The van der Waals surface area contributed by atoms with Crippen LogP contribution in [-0.2, 0) is 13.1 Å². The molecule has 0 fully saturated rings. The third kappa shape index (κ3) is 11.5. The first kappa shape index (κ1) is 31.3. The topological polar surface area (TPSA) is 97.6 Å². The molecule has 40 heavy (non-hydrogen) atoms. The van der Waals surface area contributed by atoms with Crippen LogP contribution in [0.5, 0.6) is 11.5 Å². The van der Waals surface area contributed by atoms with Gasteiger partial charge in [-0.2, -0.15) is 0 Å². The van der Waals surface area contributed by atoms with Gasteiger partial charge in [0.1, 0.15) is 28.7 Å². The summed E-state index contributed by atoms with van der Waals surface area (Å²) in [5, 5.41) is 24.1. The van der Waals surface area contributed by atoms with Gasteiger partial charge in [-0.05, 0) is 82.5 Å². The quantitative estimate of drug-likeness (QED) is 0.0543. The molecule has 3 rings (SSSR count). The first-order valence-electron chi connectivity index (χ1n) is 14.9. The van der Waals surface area contributed by atoms with Crippen molar-refractivity contribution in [3.8, 4) is 11.5 Å². The molecule has 2 heterocycles. The number of phenolic OH excluding ortho intramolecular Hbond substituents is 2. The van der Waals surface area contributed by atoms with Crippen LogP contribution in [0.2, 0.25) is 0 Å². The van der Waals surface area contributed by atoms with Crippen LogP contribution in [0, 0.1) is 0 Å². The van der Waals surface area contributed by atoms with E-state index in [1.807, 2.05) is 30.5 Å². The lowest BCUT2D eigenvalue weighted by atomic mass is 10.1. The Hall–Kier alpha value is -3.23. The molecule has 0 aliphatic rings. The molecule has 220 valence electrons. The Bertz CT molecular complexity index is 1080. The highest BCUT2D eigenvalue weighted by Gasteiger charge is 2.09. The number of hydrogen-bond donors (Lipinski definition) is 3. The molecule has 0 bridgehead atoms. The summed E-state index contributed by atoms with van der Waals surface area (Å²) >= 11 is 0. The smallest absolute Gasteiger partial charge is 0.143 e. The van der Waals surface area contributed by atoms with Gasteiger partial charge in [-0.1, -0.05) is 33.1 Å². The van der Waals surface area contributed by atoms with Crippen molar-refractivity contribution in [2.75, 3.05) is 38.0 Å². The van der Waals surface area contributed by atoms with E-state index < -0.39 is 0 Å². The van der Waals surface area contributed by atoms with E-state index in [1.54, 1.807) is 18.6 Å². The molecule has 1 aromatic carbocycles. The minimum Gasteiger partial charge on any atom is -0.506 e. The van der Waals surface area contributed by atoms with Crippen LogP contribution >= 0.6 is 0 Å². The van der Waals surface area contributed by atoms with Crippen molar-refractivity contribution in [1.29, 1.82) is 0 Å². The molecular formula is C32H48N4O4. The Morgan fingerprint density at radius 2 is 1.38 bits per heavy atom. The van der Waals surface area contributed by atoms with E-state index in [0.29, 0.717) is 11.4 Å². The zero-order chi connectivity index (χ0) is 28.4. The maximum Gasteiger partial charge on any atom is 0.143 e. The van der Waals surface area contributed by atoms with Crippen LogP contribution in [0.15, 0.2) is 62.8 Å². The van der Waals surface area contributed by atoms with E-state index in [1.165, 1.54) is 6.07 Å². The molecule has 2 aromatic heterocycles. The summed E-state index contributed by atoms with van der Waals surface area (Å²) in [5.41, 5.74) is 0.941. The third-order valence-corrected chi connectivity index (χ3v) is 7.16. The van der Waals surface area contributed by atoms with E-state index in [0.717, 1.165) is 109 Å². The molecule has 8 heteroatoms. The van der Waals surface area contributed by atoms with Crippen LogP contribution in [-0.4, -0.2) is 59.0 Å². The summed E-state index contributed by atoms with van der Waals surface area (Å²) in [6.45, 7) is 10.9. The first-order valence-corrected chi connectivity index (χ1v) is 14.9. The number of nitrogens with one attached hydrogen (secondary N) is 1. The third-order valence-electron chi connectivity index (χ3n) is 7.16. The highest BCUT2D eigenvalue weighted by Crippen LogP contribution is 2.36. The van der Waals surface area contributed by atoms with Gasteiger partial charge >= 0.3 is 0 Å². The number of hydrogen-bond acceptors (Lipinski definition) is 8. The molecule has 3 N–H and O–H groups in total. The highest BCUT2D eigenvalue weighted by molar-refractivity contribution is 5.72. The number of anilines is 1. The van der Waals surface area contributed by atoms with E-state index in [2.05, 4.69) is 34.0 Å². The van der Waals surface area contributed by atoms with Crippen molar-refractivity contribution in [2.24, 2.45) is 4.99 Å². The zero-order valence-electron chi connectivity index (χ0n) is 24.4. The lowest BCUT2D eigenvalue weighted by Gasteiger charge is -2.18. The van der Waals surface area contributed by atoms with Crippen LogP contribution in [0.4, 0.5) is 11.4 Å². The molecule has 0 unspecified atom stereocenters. The summed E-state index contributed by atoms with van der Waals surface area (Å²) in [6.07, 6.45) is 13.8. The SMILES string of the molecule is CCN(CCCCCC=Nc1cc(O)c(NCCCCCCN(CC)Cc2ccco2)cc1O)Cc1ccco1. The van der Waals surface area contributed by atoms with E-state index >= 15 is 0 Å². The first-order chi connectivity index (χ1) is 19.6. The number of unbranched alkanes of at least 4 members (excludes halogenated alkanes) is 6. The minimum absolute atomic E-state index is 0.0734. The van der Waals surface area contributed by atoms with Crippen LogP contribution in [0.3, 0.4) is 0 Å². The van der Waals surface area contributed by atoms with Gasteiger partial charge in [0.2, 0.25) is 0 Å². The largest absolute Gasteiger partial charge is 0.506 e. The summed E-state index contributed by atoms with van der Waals surface area (Å²) < 4.78 is 10.9. The van der Waals surface area contributed by atoms with Crippen molar-refractivity contribution >= 4 is 17.6 Å². The Kier molecular flexibility index (Phi) is 14.2. The Balaban J connectivity index is 1.26. The van der Waals surface area contributed by atoms with Gasteiger partial charge in [-0.3, -0.25) is 14.8 Å². The van der Waals surface area contributed by atoms with Crippen molar-refractivity contribution in [2.45, 2.75) is 78.3 Å². The van der Waals surface area contributed by atoms with Gasteiger partial charge in [0, 0.05) is 24.9 Å². The summed E-state index contributed by atoms with van der Waals surface area (Å²) in [4.78, 5) is 9.17. The van der Waals surface area contributed by atoms with Gasteiger partial charge in [-0.25, -0.2) is 0 Å². The van der Waals surface area contributed by atoms with Crippen molar-refractivity contribution in [3.63, 3.8) is 0 Å². The van der Waals surface area contributed by atoms with Gasteiger partial charge in [0.15, 0.2) is 0 Å². The van der Waals surface area contributed by atoms with Crippen molar-refractivity contribution < 1.29 is 19.0 Å². The Morgan fingerprint density at radius 1 is 0.775 bits per heavy atom. The maximum absolute atomic E-state index is 10.4. The predicted molar refractivity (Wildman–Crippen MR) is 163 cm³/mol. The fourth-order valence-electron chi connectivity index (χ4n) is 4.70. The number of furan rings is 2. The number of aromatic hydroxyl groups is 2. The standard InChI is InChI=1S/C32H48N4O4/c1-3-35(25-27-15-13-21-39-27)19-11-7-5-9-17-33-29-23-32(38)30(24-31(29)37)34-18-10-6-8-12-20-36(4-2)26-28-16-14-22-40-28/h13-17,21-24,34,37-38H,3-12,18-20,25-26H2,1-2H3. The minimum atomic E-state index is 0.0734. The lowest BCUT2D eigenvalue weighted by molar-refractivity contribution is 0.250. The normalized spacial score (nSPS) is 11.8. The summed E-state index contributed by atoms with van der Waals surface area (Å²) in [6, 6.07) is 11.0. The number of phenols is 2. The number of aliphatic imine (C=N–C) groups is 1. The lowest BCUT2D eigenvalue weighted by Crippen LogP contribution is -2.23. The summed E-state index contributed by atoms with van der Waals surface area (Å²) in [7, 11) is 0. The van der Waals surface area contributed by atoms with E-state index in [9.17, 15) is 10.2 Å². The van der Waals surface area contributed by atoms with Crippen LogP contribution < -0.4 is 5.32 Å². The second kappa shape index (κ2) is 18.2. The van der Waals surface area contributed by atoms with Crippen LogP contribution in [0.1, 0.15) is 76.7 Å². The second-order valence-electron chi connectivity index (χ2n) is 10.3. The Labute approximate surface area is 239 Å². The fraction of sp³-hybridized carbons (Fsp3) is 0.531. The molecule has 0 saturated carbocycles. The predicted octanol–water partition coefficient (Wildman–Crippen LogP) is 7.56. The number of benzene rings is 1. The van der Waals surface area contributed by atoms with Gasteiger partial charge < -0.3 is 24.4 Å². The molecule has 0 aliphatic carbocycles. The fourth-order valence-corrected chi connectivity index (χ4v) is 4.70. The summed E-state index contributed by atoms with van der Waals surface area (Å²) in [5.74, 6) is 2.20. The van der Waals surface area contributed by atoms with Gasteiger partial charge in [-0.15, -0.1) is 0 Å². The molecule has 0 spiro atoms. The van der Waals surface area contributed by atoms with Gasteiger partial charge in [0.25, 0.3) is 0 Å². The number of rotatable bonds is 21. The molecule has 8 nitrogen and oxygen atoms in total. The molecule has 0 aliphatic heterocycles. The molecule has 3 aromatic rings. The Morgan fingerprint density at radius 3 is 1.95 bits per heavy atom.